The van der Waals surface area contributed by atoms with E-state index in [2.05, 4.69) is 34.5 Å². The molecule has 1 fully saturated rings. The molecule has 2 aromatic rings. The number of carbonyl (C=O) groups is 2. The molecule has 1 aliphatic heterocycles. The molecular weight excluding hydrogens is 314 g/mol. The fourth-order valence-corrected chi connectivity index (χ4v) is 3.57. The van der Waals surface area contributed by atoms with Gasteiger partial charge in [0.05, 0.1) is 12.6 Å². The van der Waals surface area contributed by atoms with E-state index in [1.54, 1.807) is 0 Å². The Labute approximate surface area is 148 Å². The topological polar surface area (TPSA) is 75.4 Å². The number of likely N-dealkylation sites (tertiary alicyclic amines) is 1. The van der Waals surface area contributed by atoms with Gasteiger partial charge in [-0.2, -0.15) is 0 Å². The maximum absolute atomic E-state index is 12.4. The van der Waals surface area contributed by atoms with E-state index in [1.165, 1.54) is 10.8 Å². The molecule has 2 aromatic carbocycles. The second-order valence-electron chi connectivity index (χ2n) is 6.81. The summed E-state index contributed by atoms with van der Waals surface area (Å²) in [5.74, 6) is -0.263. The van der Waals surface area contributed by atoms with Crippen molar-refractivity contribution in [1.29, 1.82) is 0 Å². The molecule has 0 aromatic heterocycles. The van der Waals surface area contributed by atoms with Gasteiger partial charge in [0.1, 0.15) is 0 Å². The van der Waals surface area contributed by atoms with E-state index in [4.69, 9.17) is 5.73 Å². The van der Waals surface area contributed by atoms with Gasteiger partial charge < -0.3 is 11.1 Å². The molecule has 2 amide bonds. The summed E-state index contributed by atoms with van der Waals surface area (Å²) in [5.41, 5.74) is 6.48. The average Bonchev–Trinajstić information content (AvgIpc) is 2.61. The highest BCUT2D eigenvalue weighted by Gasteiger charge is 2.24. The summed E-state index contributed by atoms with van der Waals surface area (Å²) in [6.07, 6.45) is 1.48. The predicted octanol–water partition coefficient (Wildman–Crippen LogP) is 2.21. The van der Waals surface area contributed by atoms with E-state index >= 15 is 0 Å². The monoisotopic (exact) mass is 339 g/mol. The van der Waals surface area contributed by atoms with Crippen LogP contribution in [0.15, 0.2) is 42.5 Å². The summed E-state index contributed by atoms with van der Waals surface area (Å²) in [5, 5.41) is 5.44. The minimum atomic E-state index is -0.228. The van der Waals surface area contributed by atoms with Crippen LogP contribution in [0.1, 0.15) is 31.4 Å². The Morgan fingerprint density at radius 2 is 1.84 bits per heavy atom. The van der Waals surface area contributed by atoms with Crippen LogP contribution in [0.3, 0.4) is 0 Å². The van der Waals surface area contributed by atoms with Crippen LogP contribution in [0.5, 0.6) is 0 Å². The largest absolute Gasteiger partial charge is 0.369 e. The van der Waals surface area contributed by atoms with Crippen molar-refractivity contribution < 1.29 is 9.59 Å². The van der Waals surface area contributed by atoms with Gasteiger partial charge in [0.15, 0.2) is 0 Å². The zero-order valence-corrected chi connectivity index (χ0v) is 14.6. The molecule has 1 atom stereocenters. The lowest BCUT2D eigenvalue weighted by atomic mass is 9.96. The minimum absolute atomic E-state index is 0.0120. The third kappa shape index (κ3) is 4.17. The first kappa shape index (κ1) is 17.4. The fraction of sp³-hybridized carbons (Fsp3) is 0.400. The maximum atomic E-state index is 12.4. The minimum Gasteiger partial charge on any atom is -0.369 e. The number of carbonyl (C=O) groups excluding carboxylic acids is 2. The van der Waals surface area contributed by atoms with Crippen LogP contribution >= 0.6 is 0 Å². The van der Waals surface area contributed by atoms with Gasteiger partial charge in [0.2, 0.25) is 11.8 Å². The Kier molecular flexibility index (Phi) is 5.34. The number of hydrogen-bond donors (Lipinski definition) is 2. The molecule has 5 nitrogen and oxygen atoms in total. The average molecular weight is 339 g/mol. The Morgan fingerprint density at radius 3 is 2.56 bits per heavy atom. The summed E-state index contributed by atoms with van der Waals surface area (Å²) in [7, 11) is 0. The van der Waals surface area contributed by atoms with Crippen LogP contribution in [0.2, 0.25) is 0 Å². The standard InChI is InChI=1S/C20H25N3O2/c1-14(17-8-4-6-15-5-2-3-7-18(15)17)22-19(24)13-23-11-9-16(10-12-23)20(21)25/h2-8,14,16H,9-13H2,1H3,(H2,21,25)(H,22,24)/t14-/m1/s1. The first-order valence-electron chi connectivity index (χ1n) is 8.83. The van der Waals surface area contributed by atoms with Gasteiger partial charge in [-0.05, 0) is 49.2 Å². The summed E-state index contributed by atoms with van der Waals surface area (Å²) < 4.78 is 0. The van der Waals surface area contributed by atoms with Gasteiger partial charge in [-0.25, -0.2) is 0 Å². The number of nitrogens with one attached hydrogen (secondary N) is 1. The molecule has 25 heavy (non-hydrogen) atoms. The highest BCUT2D eigenvalue weighted by atomic mass is 16.2. The first-order valence-corrected chi connectivity index (χ1v) is 8.83. The van der Waals surface area contributed by atoms with E-state index < -0.39 is 0 Å². The van der Waals surface area contributed by atoms with Crippen LogP contribution in [0, 0.1) is 5.92 Å². The Morgan fingerprint density at radius 1 is 1.16 bits per heavy atom. The number of amides is 2. The summed E-state index contributed by atoms with van der Waals surface area (Å²) >= 11 is 0. The zero-order valence-electron chi connectivity index (χ0n) is 14.6. The number of primary amides is 1. The maximum Gasteiger partial charge on any atom is 0.234 e. The number of nitrogens with two attached hydrogens (primary N) is 1. The van der Waals surface area contributed by atoms with Crippen LogP contribution in [0.25, 0.3) is 10.8 Å². The van der Waals surface area contributed by atoms with Crippen molar-refractivity contribution in [2.75, 3.05) is 19.6 Å². The molecule has 0 aliphatic carbocycles. The van der Waals surface area contributed by atoms with Gasteiger partial charge in [0, 0.05) is 5.92 Å². The molecule has 5 heteroatoms. The highest BCUT2D eigenvalue weighted by molar-refractivity contribution is 5.87. The molecule has 0 saturated carbocycles. The van der Waals surface area contributed by atoms with Crippen molar-refractivity contribution >= 4 is 22.6 Å². The number of nitrogens with zero attached hydrogens (tertiary/aromatic N) is 1. The smallest absolute Gasteiger partial charge is 0.234 e. The van der Waals surface area contributed by atoms with Gasteiger partial charge in [0.25, 0.3) is 0 Å². The van der Waals surface area contributed by atoms with Crippen molar-refractivity contribution in [3.63, 3.8) is 0 Å². The lowest BCUT2D eigenvalue weighted by Gasteiger charge is -2.30. The third-order valence-electron chi connectivity index (χ3n) is 5.02. The molecular formula is C20H25N3O2. The lowest BCUT2D eigenvalue weighted by Crippen LogP contribution is -2.44. The van der Waals surface area contributed by atoms with Crippen molar-refractivity contribution in [3.05, 3.63) is 48.0 Å². The molecule has 132 valence electrons. The quantitative estimate of drug-likeness (QED) is 0.877. The van der Waals surface area contributed by atoms with Crippen molar-refractivity contribution in [2.45, 2.75) is 25.8 Å². The molecule has 0 radical (unpaired) electrons. The first-order chi connectivity index (χ1) is 12.0. The number of benzene rings is 2. The normalized spacial score (nSPS) is 17.3. The second kappa shape index (κ2) is 7.66. The van der Waals surface area contributed by atoms with Gasteiger partial charge >= 0.3 is 0 Å². The van der Waals surface area contributed by atoms with Crippen LogP contribution in [-0.4, -0.2) is 36.3 Å². The molecule has 3 rings (SSSR count). The zero-order chi connectivity index (χ0) is 17.8. The summed E-state index contributed by atoms with van der Waals surface area (Å²) in [4.78, 5) is 25.7. The number of rotatable bonds is 5. The van der Waals surface area contributed by atoms with E-state index in [0.29, 0.717) is 6.54 Å². The highest BCUT2D eigenvalue weighted by Crippen LogP contribution is 2.24. The van der Waals surface area contributed by atoms with Gasteiger partial charge in [-0.1, -0.05) is 42.5 Å². The third-order valence-corrected chi connectivity index (χ3v) is 5.02. The molecule has 1 aliphatic rings. The second-order valence-corrected chi connectivity index (χ2v) is 6.81. The van der Waals surface area contributed by atoms with E-state index in [9.17, 15) is 9.59 Å². The fourth-order valence-electron chi connectivity index (χ4n) is 3.57. The molecule has 0 unspecified atom stereocenters. The predicted molar refractivity (Wildman–Crippen MR) is 98.9 cm³/mol. The Hall–Kier alpha value is -2.40. The van der Waals surface area contributed by atoms with Crippen molar-refractivity contribution in [3.8, 4) is 0 Å². The molecule has 0 spiro atoms. The van der Waals surface area contributed by atoms with E-state index in [1.807, 2.05) is 25.1 Å². The number of hydrogen-bond acceptors (Lipinski definition) is 3. The number of piperidine rings is 1. The summed E-state index contributed by atoms with van der Waals surface area (Å²) in [6.45, 7) is 3.85. The Bertz CT molecular complexity index is 761. The van der Waals surface area contributed by atoms with Crippen LogP contribution in [-0.2, 0) is 9.59 Å². The molecule has 3 N–H and O–H groups in total. The Balaban J connectivity index is 1.58. The number of fused-ring (bicyclic) bond motifs is 1. The van der Waals surface area contributed by atoms with E-state index in [-0.39, 0.29) is 23.8 Å². The van der Waals surface area contributed by atoms with Crippen molar-refractivity contribution in [1.82, 2.24) is 10.2 Å². The van der Waals surface area contributed by atoms with Gasteiger partial charge in [-0.15, -0.1) is 0 Å². The van der Waals surface area contributed by atoms with Crippen molar-refractivity contribution in [2.24, 2.45) is 11.7 Å². The lowest BCUT2D eigenvalue weighted by molar-refractivity contribution is -0.124. The molecule has 0 bridgehead atoms. The van der Waals surface area contributed by atoms with E-state index in [0.717, 1.165) is 31.5 Å². The van der Waals surface area contributed by atoms with Crippen LogP contribution in [0.4, 0.5) is 0 Å². The van der Waals surface area contributed by atoms with Crippen LogP contribution < -0.4 is 11.1 Å². The molecule has 1 heterocycles. The summed E-state index contributed by atoms with van der Waals surface area (Å²) in [6, 6.07) is 14.3. The SMILES string of the molecule is C[C@@H](NC(=O)CN1CCC(C(N)=O)CC1)c1cccc2ccccc12. The molecule has 1 saturated heterocycles. The van der Waals surface area contributed by atoms with Gasteiger partial charge in [-0.3, -0.25) is 14.5 Å².